The van der Waals surface area contributed by atoms with Crippen LogP contribution in [0.5, 0.6) is 0 Å². The zero-order valence-electron chi connectivity index (χ0n) is 14.3. The van der Waals surface area contributed by atoms with Crippen molar-refractivity contribution in [1.82, 2.24) is 9.80 Å². The lowest BCUT2D eigenvalue weighted by Gasteiger charge is -2.34. The van der Waals surface area contributed by atoms with Crippen LogP contribution in [0.2, 0.25) is 0 Å². The minimum Gasteiger partial charge on any atom is -0.335 e. The van der Waals surface area contributed by atoms with Gasteiger partial charge >= 0.3 is 6.03 Å². The first kappa shape index (κ1) is 17.8. The Morgan fingerprint density at radius 3 is 2.27 bits per heavy atom. The molecule has 1 N–H and O–H groups in total. The van der Waals surface area contributed by atoms with E-state index in [1.54, 1.807) is 4.90 Å². The van der Waals surface area contributed by atoms with E-state index in [-0.39, 0.29) is 17.5 Å². The molecule has 1 aliphatic heterocycles. The molecular formula is C19H19F2N3O2. The van der Waals surface area contributed by atoms with Gasteiger partial charge in [0.1, 0.15) is 0 Å². The molecule has 5 nitrogen and oxygen atoms in total. The average molecular weight is 359 g/mol. The summed E-state index contributed by atoms with van der Waals surface area (Å²) in [5.41, 5.74) is 1.86. The number of rotatable bonds is 2. The van der Waals surface area contributed by atoms with Gasteiger partial charge in [-0.1, -0.05) is 12.1 Å². The Morgan fingerprint density at radius 1 is 0.923 bits per heavy atom. The molecule has 2 aromatic rings. The van der Waals surface area contributed by atoms with Gasteiger partial charge in [-0.2, -0.15) is 0 Å². The Labute approximate surface area is 150 Å². The SMILES string of the molecule is Cc1cccc(NC(=O)N2CCN(C(=O)c3ccc(F)c(F)c3)CC2)c1. The second-order valence-corrected chi connectivity index (χ2v) is 6.21. The molecule has 1 saturated heterocycles. The highest BCUT2D eigenvalue weighted by atomic mass is 19.2. The Bertz CT molecular complexity index is 833. The van der Waals surface area contributed by atoms with Crippen molar-refractivity contribution in [3.8, 4) is 0 Å². The number of halogens is 2. The number of anilines is 1. The van der Waals surface area contributed by atoms with E-state index >= 15 is 0 Å². The molecule has 0 radical (unpaired) electrons. The molecule has 2 aromatic carbocycles. The van der Waals surface area contributed by atoms with Crippen molar-refractivity contribution in [2.24, 2.45) is 0 Å². The van der Waals surface area contributed by atoms with E-state index in [9.17, 15) is 18.4 Å². The topological polar surface area (TPSA) is 52.7 Å². The molecule has 0 unspecified atom stereocenters. The third kappa shape index (κ3) is 3.99. The van der Waals surface area contributed by atoms with E-state index in [1.807, 2.05) is 31.2 Å². The van der Waals surface area contributed by atoms with Crippen LogP contribution in [-0.4, -0.2) is 47.9 Å². The minimum atomic E-state index is -1.05. The molecule has 7 heteroatoms. The second-order valence-electron chi connectivity index (χ2n) is 6.21. The number of nitrogens with zero attached hydrogens (tertiary/aromatic N) is 2. The maximum atomic E-state index is 13.3. The van der Waals surface area contributed by atoms with Crippen molar-refractivity contribution in [3.05, 3.63) is 65.2 Å². The second kappa shape index (κ2) is 7.51. The lowest BCUT2D eigenvalue weighted by Crippen LogP contribution is -2.51. The smallest absolute Gasteiger partial charge is 0.321 e. The summed E-state index contributed by atoms with van der Waals surface area (Å²) in [6.07, 6.45) is 0. The fourth-order valence-electron chi connectivity index (χ4n) is 2.85. The van der Waals surface area contributed by atoms with E-state index < -0.39 is 11.6 Å². The highest BCUT2D eigenvalue weighted by Gasteiger charge is 2.25. The summed E-state index contributed by atoms with van der Waals surface area (Å²) in [7, 11) is 0. The van der Waals surface area contributed by atoms with Crippen molar-refractivity contribution in [2.45, 2.75) is 6.92 Å². The van der Waals surface area contributed by atoms with E-state index in [0.29, 0.717) is 26.2 Å². The third-order valence-electron chi connectivity index (χ3n) is 4.29. The molecule has 3 amide bonds. The summed E-state index contributed by atoms with van der Waals surface area (Å²) in [6.45, 7) is 3.34. The molecule has 136 valence electrons. The van der Waals surface area contributed by atoms with Crippen molar-refractivity contribution in [1.29, 1.82) is 0 Å². The summed E-state index contributed by atoms with van der Waals surface area (Å²) in [4.78, 5) is 27.9. The number of nitrogens with one attached hydrogen (secondary N) is 1. The number of piperazine rings is 1. The standard InChI is InChI=1S/C19H19F2N3O2/c1-13-3-2-4-15(11-13)22-19(26)24-9-7-23(8-10-24)18(25)14-5-6-16(20)17(21)12-14/h2-6,11-12H,7-10H2,1H3,(H,22,26). The number of hydrogen-bond acceptors (Lipinski definition) is 2. The number of carbonyl (C=O) groups excluding carboxylic acids is 2. The minimum absolute atomic E-state index is 0.0987. The molecule has 3 rings (SSSR count). The first-order valence-corrected chi connectivity index (χ1v) is 8.31. The first-order valence-electron chi connectivity index (χ1n) is 8.31. The summed E-state index contributed by atoms with van der Waals surface area (Å²) in [5.74, 6) is -2.41. The van der Waals surface area contributed by atoms with E-state index in [0.717, 1.165) is 23.4 Å². The molecule has 0 saturated carbocycles. The summed E-state index contributed by atoms with van der Waals surface area (Å²) in [6, 6.07) is 10.4. The van der Waals surface area contributed by atoms with E-state index in [1.165, 1.54) is 11.0 Å². The molecule has 0 aliphatic carbocycles. The quantitative estimate of drug-likeness (QED) is 0.895. The Kier molecular flexibility index (Phi) is 5.16. The van der Waals surface area contributed by atoms with Gasteiger partial charge in [-0.05, 0) is 42.8 Å². The number of aryl methyl sites for hydroxylation is 1. The van der Waals surface area contributed by atoms with Gasteiger partial charge in [-0.15, -0.1) is 0 Å². The summed E-state index contributed by atoms with van der Waals surface area (Å²) >= 11 is 0. The lowest BCUT2D eigenvalue weighted by molar-refractivity contribution is 0.0671. The molecule has 1 heterocycles. The van der Waals surface area contributed by atoms with Crippen LogP contribution in [-0.2, 0) is 0 Å². The fourth-order valence-corrected chi connectivity index (χ4v) is 2.85. The summed E-state index contributed by atoms with van der Waals surface area (Å²) in [5, 5.41) is 2.83. The number of amides is 3. The maximum Gasteiger partial charge on any atom is 0.321 e. The maximum absolute atomic E-state index is 13.3. The third-order valence-corrected chi connectivity index (χ3v) is 4.29. The number of urea groups is 1. The largest absolute Gasteiger partial charge is 0.335 e. The molecule has 1 aliphatic rings. The lowest BCUT2D eigenvalue weighted by atomic mass is 10.1. The van der Waals surface area contributed by atoms with Gasteiger partial charge < -0.3 is 15.1 Å². The van der Waals surface area contributed by atoms with Crippen molar-refractivity contribution in [3.63, 3.8) is 0 Å². The van der Waals surface area contributed by atoms with Gasteiger partial charge in [0, 0.05) is 37.4 Å². The van der Waals surface area contributed by atoms with Crippen LogP contribution in [0.25, 0.3) is 0 Å². The zero-order valence-corrected chi connectivity index (χ0v) is 14.3. The predicted molar refractivity (Wildman–Crippen MR) is 94.0 cm³/mol. The predicted octanol–water partition coefficient (Wildman–Crippen LogP) is 3.26. The average Bonchev–Trinajstić information content (AvgIpc) is 2.63. The zero-order chi connectivity index (χ0) is 18.7. The normalized spacial score (nSPS) is 14.3. The van der Waals surface area contributed by atoms with Crippen LogP contribution in [0.3, 0.4) is 0 Å². The van der Waals surface area contributed by atoms with Crippen LogP contribution in [0.4, 0.5) is 19.3 Å². The van der Waals surface area contributed by atoms with Crippen molar-refractivity contribution in [2.75, 3.05) is 31.5 Å². The van der Waals surface area contributed by atoms with E-state index in [2.05, 4.69) is 5.32 Å². The van der Waals surface area contributed by atoms with Gasteiger partial charge in [-0.25, -0.2) is 13.6 Å². The molecule has 26 heavy (non-hydrogen) atoms. The molecule has 0 bridgehead atoms. The van der Waals surface area contributed by atoms with Gasteiger partial charge in [-0.3, -0.25) is 4.79 Å². The van der Waals surface area contributed by atoms with Gasteiger partial charge in [0.2, 0.25) is 0 Å². The number of benzene rings is 2. The fraction of sp³-hybridized carbons (Fsp3) is 0.263. The van der Waals surface area contributed by atoms with Gasteiger partial charge in [0.05, 0.1) is 0 Å². The van der Waals surface area contributed by atoms with Crippen LogP contribution >= 0.6 is 0 Å². The van der Waals surface area contributed by atoms with Gasteiger partial charge in [0.25, 0.3) is 5.91 Å². The Morgan fingerprint density at radius 2 is 1.62 bits per heavy atom. The van der Waals surface area contributed by atoms with Crippen LogP contribution in [0, 0.1) is 18.6 Å². The van der Waals surface area contributed by atoms with Crippen molar-refractivity contribution >= 4 is 17.6 Å². The summed E-state index contributed by atoms with van der Waals surface area (Å²) < 4.78 is 26.3. The van der Waals surface area contributed by atoms with Crippen LogP contribution in [0.1, 0.15) is 15.9 Å². The van der Waals surface area contributed by atoms with Crippen molar-refractivity contribution < 1.29 is 18.4 Å². The van der Waals surface area contributed by atoms with Gasteiger partial charge in [0.15, 0.2) is 11.6 Å². The molecule has 1 fully saturated rings. The monoisotopic (exact) mass is 359 g/mol. The Hall–Kier alpha value is -2.96. The highest BCUT2D eigenvalue weighted by molar-refractivity contribution is 5.94. The van der Waals surface area contributed by atoms with Crippen LogP contribution in [0.15, 0.2) is 42.5 Å². The molecular weight excluding hydrogens is 340 g/mol. The molecule has 0 aromatic heterocycles. The molecule has 0 atom stereocenters. The Balaban J connectivity index is 1.57. The van der Waals surface area contributed by atoms with Crippen LogP contribution < -0.4 is 5.32 Å². The molecule has 0 spiro atoms. The number of carbonyl (C=O) groups is 2. The highest BCUT2D eigenvalue weighted by Crippen LogP contribution is 2.14. The first-order chi connectivity index (χ1) is 12.4. The van der Waals surface area contributed by atoms with E-state index in [4.69, 9.17) is 0 Å². The number of hydrogen-bond donors (Lipinski definition) is 1.